The summed E-state index contributed by atoms with van der Waals surface area (Å²) in [6.45, 7) is 1.01. The van der Waals surface area contributed by atoms with Gasteiger partial charge in [0.25, 0.3) is 11.1 Å². The van der Waals surface area contributed by atoms with Gasteiger partial charge in [-0.2, -0.15) is 0 Å². The number of rotatable bonds is 2. The molecule has 0 bridgehead atoms. The zero-order chi connectivity index (χ0) is 17.4. The largest absolute Gasteiger partial charge is 0.486 e. The summed E-state index contributed by atoms with van der Waals surface area (Å²) in [6.07, 6.45) is 1.68. The summed E-state index contributed by atoms with van der Waals surface area (Å²) < 4.78 is 11.0. The monoisotopic (exact) mass is 373 g/mol. The minimum Gasteiger partial charge on any atom is -0.486 e. The average molecular weight is 374 g/mol. The molecule has 0 atom stereocenters. The fourth-order valence-corrected chi connectivity index (χ4v) is 3.55. The molecule has 7 heteroatoms. The van der Waals surface area contributed by atoms with Crippen LogP contribution >= 0.6 is 23.4 Å². The first-order valence-electron chi connectivity index (χ1n) is 7.55. The smallest absolute Gasteiger partial charge is 0.298 e. The number of carbonyl (C=O) groups is 2. The molecule has 2 aromatic carbocycles. The van der Waals surface area contributed by atoms with Crippen LogP contribution in [-0.4, -0.2) is 24.4 Å². The van der Waals surface area contributed by atoms with Crippen molar-refractivity contribution < 1.29 is 19.1 Å². The summed E-state index contributed by atoms with van der Waals surface area (Å²) in [4.78, 5) is 26.4. The Morgan fingerprint density at radius 2 is 1.72 bits per heavy atom. The Kier molecular flexibility index (Phi) is 4.15. The molecule has 0 unspecified atom stereocenters. The second kappa shape index (κ2) is 6.46. The Bertz CT molecular complexity index is 894. The first kappa shape index (κ1) is 16.1. The van der Waals surface area contributed by atoms with E-state index in [1.165, 1.54) is 0 Å². The van der Waals surface area contributed by atoms with Gasteiger partial charge in [-0.15, -0.1) is 0 Å². The number of halogens is 1. The first-order valence-corrected chi connectivity index (χ1v) is 8.74. The molecule has 0 radical (unpaired) electrons. The molecule has 126 valence electrons. The first-order chi connectivity index (χ1) is 12.1. The van der Waals surface area contributed by atoms with Crippen molar-refractivity contribution in [1.82, 2.24) is 0 Å². The molecule has 25 heavy (non-hydrogen) atoms. The van der Waals surface area contributed by atoms with E-state index < -0.39 is 0 Å². The number of imide groups is 1. The third-order valence-corrected chi connectivity index (χ3v) is 4.86. The van der Waals surface area contributed by atoms with Gasteiger partial charge in [-0.05, 0) is 59.8 Å². The van der Waals surface area contributed by atoms with Crippen molar-refractivity contribution in [3.05, 3.63) is 58.0 Å². The molecule has 1 saturated heterocycles. The van der Waals surface area contributed by atoms with Gasteiger partial charge in [-0.3, -0.25) is 9.59 Å². The van der Waals surface area contributed by atoms with Crippen LogP contribution in [0.2, 0.25) is 5.02 Å². The van der Waals surface area contributed by atoms with E-state index in [0.29, 0.717) is 40.3 Å². The number of carbonyl (C=O) groups excluding carboxylic acids is 2. The molecule has 0 aromatic heterocycles. The normalized spacial score (nSPS) is 18.1. The highest BCUT2D eigenvalue weighted by atomic mass is 35.5. The molecule has 5 nitrogen and oxygen atoms in total. The molecule has 0 N–H and O–H groups in total. The average Bonchev–Trinajstić information content (AvgIpc) is 2.89. The number of thioether (sulfide) groups is 1. The number of fused-ring (bicyclic) bond motifs is 1. The maximum atomic E-state index is 12.6. The van der Waals surface area contributed by atoms with Crippen molar-refractivity contribution in [2.24, 2.45) is 0 Å². The van der Waals surface area contributed by atoms with Gasteiger partial charge < -0.3 is 9.47 Å². The van der Waals surface area contributed by atoms with Crippen LogP contribution < -0.4 is 14.4 Å². The topological polar surface area (TPSA) is 55.8 Å². The summed E-state index contributed by atoms with van der Waals surface area (Å²) in [5, 5.41) is 0.207. The van der Waals surface area contributed by atoms with Gasteiger partial charge in [0.2, 0.25) is 0 Å². The Morgan fingerprint density at radius 1 is 1.00 bits per heavy atom. The number of anilines is 1. The van der Waals surface area contributed by atoms with Crippen molar-refractivity contribution >= 4 is 46.3 Å². The molecule has 2 heterocycles. The van der Waals surface area contributed by atoms with Crippen LogP contribution in [0.1, 0.15) is 5.56 Å². The Hall–Kier alpha value is -2.44. The number of hydrogen-bond donors (Lipinski definition) is 0. The van der Waals surface area contributed by atoms with E-state index in [-0.39, 0.29) is 11.1 Å². The van der Waals surface area contributed by atoms with E-state index in [1.807, 2.05) is 6.07 Å². The quantitative estimate of drug-likeness (QED) is 0.732. The van der Waals surface area contributed by atoms with Crippen LogP contribution in [0.4, 0.5) is 10.5 Å². The molecule has 0 saturated carbocycles. The highest BCUT2D eigenvalue weighted by Gasteiger charge is 2.36. The van der Waals surface area contributed by atoms with Crippen molar-refractivity contribution in [3.63, 3.8) is 0 Å². The predicted molar refractivity (Wildman–Crippen MR) is 97.3 cm³/mol. The number of hydrogen-bond acceptors (Lipinski definition) is 5. The molecule has 0 aliphatic carbocycles. The molecule has 0 spiro atoms. The lowest BCUT2D eigenvalue weighted by molar-refractivity contribution is -0.113. The van der Waals surface area contributed by atoms with Gasteiger partial charge in [0.15, 0.2) is 11.5 Å². The maximum Gasteiger partial charge on any atom is 0.298 e. The second-order valence-electron chi connectivity index (χ2n) is 5.40. The number of benzene rings is 2. The van der Waals surface area contributed by atoms with E-state index in [1.54, 1.807) is 42.5 Å². The zero-order valence-electron chi connectivity index (χ0n) is 12.9. The lowest BCUT2D eigenvalue weighted by Crippen LogP contribution is -2.27. The molecule has 2 aliphatic heterocycles. The molecular weight excluding hydrogens is 362 g/mol. The van der Waals surface area contributed by atoms with Gasteiger partial charge >= 0.3 is 0 Å². The zero-order valence-corrected chi connectivity index (χ0v) is 14.5. The summed E-state index contributed by atoms with van der Waals surface area (Å²) in [7, 11) is 0. The highest BCUT2D eigenvalue weighted by Crippen LogP contribution is 2.37. The SMILES string of the molecule is O=C1S/C(=C/c2ccc3c(c2)OCCO3)C(=O)N1c1ccc(Cl)cc1. The van der Waals surface area contributed by atoms with Crippen LogP contribution in [0.5, 0.6) is 11.5 Å². The predicted octanol–water partition coefficient (Wildman–Crippen LogP) is 4.35. The van der Waals surface area contributed by atoms with Crippen LogP contribution in [0.25, 0.3) is 6.08 Å². The lowest BCUT2D eigenvalue weighted by Gasteiger charge is -2.18. The van der Waals surface area contributed by atoms with E-state index in [9.17, 15) is 9.59 Å². The second-order valence-corrected chi connectivity index (χ2v) is 6.83. The molecule has 2 aromatic rings. The van der Waals surface area contributed by atoms with Crippen molar-refractivity contribution in [2.45, 2.75) is 0 Å². The molecule has 2 aliphatic rings. The Labute approximate surface area is 153 Å². The van der Waals surface area contributed by atoms with E-state index >= 15 is 0 Å². The third-order valence-electron chi connectivity index (χ3n) is 3.74. The van der Waals surface area contributed by atoms with E-state index in [0.717, 1.165) is 22.2 Å². The minimum atomic E-state index is -0.354. The van der Waals surface area contributed by atoms with Crippen molar-refractivity contribution in [3.8, 4) is 11.5 Å². The third kappa shape index (κ3) is 3.10. The molecular formula is C18H12ClNO4S. The van der Waals surface area contributed by atoms with Crippen LogP contribution in [-0.2, 0) is 4.79 Å². The summed E-state index contributed by atoms with van der Waals surface area (Å²) >= 11 is 6.76. The van der Waals surface area contributed by atoms with Crippen LogP contribution in [0, 0.1) is 0 Å². The summed E-state index contributed by atoms with van der Waals surface area (Å²) in [6, 6.07) is 12.0. The summed E-state index contributed by atoms with van der Waals surface area (Å²) in [5.74, 6) is 0.960. The van der Waals surface area contributed by atoms with Crippen molar-refractivity contribution in [1.29, 1.82) is 0 Å². The molecule has 1 fully saturated rings. The Balaban J connectivity index is 1.63. The minimum absolute atomic E-state index is 0.337. The Morgan fingerprint density at radius 3 is 2.48 bits per heavy atom. The number of amides is 2. The van der Waals surface area contributed by atoms with Gasteiger partial charge in [-0.25, -0.2) is 4.90 Å². The van der Waals surface area contributed by atoms with Crippen LogP contribution in [0.3, 0.4) is 0 Å². The molecule has 4 rings (SSSR count). The maximum absolute atomic E-state index is 12.6. The van der Waals surface area contributed by atoms with Gasteiger partial charge in [0, 0.05) is 5.02 Å². The lowest BCUT2D eigenvalue weighted by atomic mass is 10.1. The van der Waals surface area contributed by atoms with Crippen molar-refractivity contribution in [2.75, 3.05) is 18.1 Å². The van der Waals surface area contributed by atoms with Crippen LogP contribution in [0.15, 0.2) is 47.4 Å². The fourth-order valence-electron chi connectivity index (χ4n) is 2.58. The number of ether oxygens (including phenoxy) is 2. The van der Waals surface area contributed by atoms with Gasteiger partial charge in [0.05, 0.1) is 10.6 Å². The number of nitrogens with zero attached hydrogens (tertiary/aromatic N) is 1. The van der Waals surface area contributed by atoms with E-state index in [4.69, 9.17) is 21.1 Å². The summed E-state index contributed by atoms with van der Waals surface area (Å²) in [5.41, 5.74) is 1.27. The van der Waals surface area contributed by atoms with Gasteiger partial charge in [0.1, 0.15) is 13.2 Å². The standard InChI is InChI=1S/C18H12ClNO4S/c19-12-2-4-13(5-3-12)20-17(21)16(25-18(20)22)10-11-1-6-14-15(9-11)24-8-7-23-14/h1-6,9-10H,7-8H2/b16-10+. The fraction of sp³-hybridized carbons (Fsp3) is 0.111. The van der Waals surface area contributed by atoms with Gasteiger partial charge in [-0.1, -0.05) is 17.7 Å². The highest BCUT2D eigenvalue weighted by molar-refractivity contribution is 8.19. The van der Waals surface area contributed by atoms with E-state index in [2.05, 4.69) is 0 Å². The molecule has 2 amide bonds.